The summed E-state index contributed by atoms with van der Waals surface area (Å²) < 4.78 is 5.93. The summed E-state index contributed by atoms with van der Waals surface area (Å²) in [6.07, 6.45) is -0.159. The number of carbonyl (C=O) groups excluding carboxylic acids is 2. The van der Waals surface area contributed by atoms with Gasteiger partial charge in [0.1, 0.15) is 5.75 Å². The van der Waals surface area contributed by atoms with Gasteiger partial charge < -0.3 is 20.0 Å². The van der Waals surface area contributed by atoms with Crippen LogP contribution in [0, 0.1) is 0 Å². The molecule has 2 aromatic rings. The molecular weight excluding hydrogens is 350 g/mol. The Kier molecular flexibility index (Phi) is 5.16. The van der Waals surface area contributed by atoms with E-state index in [1.54, 1.807) is 42.5 Å². The van der Waals surface area contributed by atoms with E-state index in [9.17, 15) is 14.7 Å². The van der Waals surface area contributed by atoms with Gasteiger partial charge in [-0.25, -0.2) is 0 Å². The normalized spacial score (nSPS) is 10.1. The van der Waals surface area contributed by atoms with Gasteiger partial charge in [-0.3, -0.25) is 4.79 Å². The zero-order valence-corrected chi connectivity index (χ0v) is 13.3. The minimum atomic E-state index is -1.14. The fraction of sp³-hybridized carbons (Fsp3) is 0.125. The fourth-order valence-electron chi connectivity index (χ4n) is 1.93. The van der Waals surface area contributed by atoms with Gasteiger partial charge in [-0.05, 0) is 35.9 Å². The molecule has 2 rings (SSSR count). The number of halogens is 1. The van der Waals surface area contributed by atoms with E-state index in [1.165, 1.54) is 7.11 Å². The molecule has 1 N–H and O–H groups in total. The summed E-state index contributed by atoms with van der Waals surface area (Å²) in [5, 5.41) is 13.3. The quantitative estimate of drug-likeness (QED) is 0.882. The molecule has 0 heterocycles. The van der Waals surface area contributed by atoms with E-state index in [0.717, 1.165) is 4.47 Å². The molecule has 22 heavy (non-hydrogen) atoms. The van der Waals surface area contributed by atoms with Crippen LogP contribution in [-0.2, 0) is 11.2 Å². The lowest BCUT2D eigenvalue weighted by Gasteiger charge is -2.10. The first-order chi connectivity index (χ1) is 10.5. The molecule has 114 valence electrons. The van der Waals surface area contributed by atoms with Crippen molar-refractivity contribution in [2.75, 3.05) is 12.4 Å². The maximum Gasteiger partial charge on any atom is 0.259 e. The molecule has 0 aliphatic rings. The van der Waals surface area contributed by atoms with E-state index in [1.807, 2.05) is 0 Å². The Morgan fingerprint density at radius 3 is 2.45 bits per heavy atom. The number of aliphatic carboxylic acids is 1. The van der Waals surface area contributed by atoms with E-state index in [4.69, 9.17) is 4.74 Å². The molecule has 0 atom stereocenters. The van der Waals surface area contributed by atoms with Gasteiger partial charge >= 0.3 is 0 Å². The lowest BCUT2D eigenvalue weighted by Crippen LogP contribution is -2.24. The highest BCUT2D eigenvalue weighted by Gasteiger charge is 2.13. The summed E-state index contributed by atoms with van der Waals surface area (Å²) in [6.45, 7) is 0. The molecule has 5 nitrogen and oxygen atoms in total. The molecule has 1 amide bonds. The van der Waals surface area contributed by atoms with Crippen LogP contribution in [0.3, 0.4) is 0 Å². The van der Waals surface area contributed by atoms with Crippen LogP contribution < -0.4 is 15.2 Å². The Labute approximate surface area is 136 Å². The Morgan fingerprint density at radius 2 is 1.86 bits per heavy atom. The summed E-state index contributed by atoms with van der Waals surface area (Å²) in [6, 6.07) is 11.7. The van der Waals surface area contributed by atoms with Crippen LogP contribution in [0.15, 0.2) is 46.9 Å². The Balaban J connectivity index is 2.15. The van der Waals surface area contributed by atoms with Crippen LogP contribution in [0.1, 0.15) is 15.9 Å². The number of rotatable bonds is 5. The number of amides is 1. The van der Waals surface area contributed by atoms with E-state index < -0.39 is 5.97 Å². The monoisotopic (exact) mass is 362 g/mol. The molecule has 0 radical (unpaired) electrons. The smallest absolute Gasteiger partial charge is 0.259 e. The van der Waals surface area contributed by atoms with E-state index in [-0.39, 0.29) is 12.3 Å². The van der Waals surface area contributed by atoms with Crippen molar-refractivity contribution in [3.63, 3.8) is 0 Å². The predicted octanol–water partition coefficient (Wildman–Crippen LogP) is 2.00. The summed E-state index contributed by atoms with van der Waals surface area (Å²) in [7, 11) is 1.49. The molecule has 0 fully saturated rings. The molecule has 0 saturated carbocycles. The summed E-state index contributed by atoms with van der Waals surface area (Å²) in [4.78, 5) is 22.8. The highest BCUT2D eigenvalue weighted by Crippen LogP contribution is 2.24. The topological polar surface area (TPSA) is 78.5 Å². The second-order valence-electron chi connectivity index (χ2n) is 4.54. The summed E-state index contributed by atoms with van der Waals surface area (Å²) >= 11 is 3.31. The van der Waals surface area contributed by atoms with Crippen molar-refractivity contribution >= 4 is 33.5 Å². The van der Waals surface area contributed by atoms with Crippen LogP contribution in [0.4, 0.5) is 5.69 Å². The van der Waals surface area contributed by atoms with Crippen LogP contribution in [0.25, 0.3) is 0 Å². The zero-order valence-electron chi connectivity index (χ0n) is 11.8. The van der Waals surface area contributed by atoms with Crippen molar-refractivity contribution in [3.05, 3.63) is 58.1 Å². The van der Waals surface area contributed by atoms with Crippen molar-refractivity contribution in [1.82, 2.24) is 0 Å². The van der Waals surface area contributed by atoms with Crippen molar-refractivity contribution in [2.45, 2.75) is 6.42 Å². The van der Waals surface area contributed by atoms with Crippen molar-refractivity contribution in [3.8, 4) is 5.75 Å². The first-order valence-electron chi connectivity index (χ1n) is 6.43. The number of ether oxygens (including phenoxy) is 1. The summed E-state index contributed by atoms with van der Waals surface area (Å²) in [5.74, 6) is -0.990. The average molecular weight is 363 g/mol. The molecule has 0 aliphatic carbocycles. The fourth-order valence-corrected chi connectivity index (χ4v) is 2.29. The molecule has 2 aromatic carbocycles. The van der Waals surface area contributed by atoms with Gasteiger partial charge in [0.2, 0.25) is 0 Å². The van der Waals surface area contributed by atoms with Crippen molar-refractivity contribution in [2.24, 2.45) is 0 Å². The van der Waals surface area contributed by atoms with Crippen LogP contribution >= 0.6 is 15.9 Å². The van der Waals surface area contributed by atoms with Gasteiger partial charge in [0.05, 0.1) is 12.7 Å². The SMILES string of the molecule is COc1ccc(Br)cc1C(=O)Nc1ccc(CC(=O)[O-])cc1. The molecule has 0 spiro atoms. The maximum absolute atomic E-state index is 12.3. The molecule has 0 unspecified atom stereocenters. The number of benzene rings is 2. The third-order valence-corrected chi connectivity index (χ3v) is 3.46. The minimum Gasteiger partial charge on any atom is -0.550 e. The predicted molar refractivity (Wildman–Crippen MR) is 83.8 cm³/mol. The van der Waals surface area contributed by atoms with Gasteiger partial charge in [-0.2, -0.15) is 0 Å². The number of carboxylic acids is 1. The number of anilines is 1. The minimum absolute atomic E-state index is 0.159. The Morgan fingerprint density at radius 1 is 1.18 bits per heavy atom. The maximum atomic E-state index is 12.3. The molecule has 0 saturated heterocycles. The second kappa shape index (κ2) is 7.09. The zero-order chi connectivity index (χ0) is 16.1. The first kappa shape index (κ1) is 16.0. The van der Waals surface area contributed by atoms with Gasteiger partial charge in [0, 0.05) is 22.6 Å². The molecule has 0 aromatic heterocycles. The third-order valence-electron chi connectivity index (χ3n) is 2.97. The average Bonchev–Trinajstić information content (AvgIpc) is 2.48. The number of carboxylic acid groups (broad SMARTS) is 1. The van der Waals surface area contributed by atoms with E-state index in [2.05, 4.69) is 21.2 Å². The Hall–Kier alpha value is -2.34. The summed E-state index contributed by atoms with van der Waals surface area (Å²) in [5.41, 5.74) is 1.57. The lowest BCUT2D eigenvalue weighted by atomic mass is 10.1. The van der Waals surface area contributed by atoms with Crippen LogP contribution in [0.2, 0.25) is 0 Å². The van der Waals surface area contributed by atoms with E-state index >= 15 is 0 Å². The number of methoxy groups -OCH3 is 1. The van der Waals surface area contributed by atoms with Crippen molar-refractivity contribution in [1.29, 1.82) is 0 Å². The first-order valence-corrected chi connectivity index (χ1v) is 7.22. The molecule has 0 bridgehead atoms. The van der Waals surface area contributed by atoms with Crippen LogP contribution in [0.5, 0.6) is 5.75 Å². The molecular formula is C16H13BrNO4-. The lowest BCUT2D eigenvalue weighted by molar-refractivity contribution is -0.304. The Bertz CT molecular complexity index is 698. The standard InChI is InChI=1S/C16H14BrNO4/c1-22-14-7-4-11(17)9-13(14)16(21)18-12-5-2-10(3-6-12)8-15(19)20/h2-7,9H,8H2,1H3,(H,18,21)(H,19,20)/p-1. The number of hydrogen-bond acceptors (Lipinski definition) is 4. The highest BCUT2D eigenvalue weighted by atomic mass is 79.9. The van der Waals surface area contributed by atoms with Gasteiger partial charge in [0.15, 0.2) is 0 Å². The van der Waals surface area contributed by atoms with E-state index in [0.29, 0.717) is 22.6 Å². The van der Waals surface area contributed by atoms with Gasteiger partial charge in [-0.15, -0.1) is 0 Å². The van der Waals surface area contributed by atoms with Crippen LogP contribution in [-0.4, -0.2) is 19.0 Å². The third kappa shape index (κ3) is 4.08. The number of carbonyl (C=O) groups is 2. The van der Waals surface area contributed by atoms with Crippen molar-refractivity contribution < 1.29 is 19.4 Å². The second-order valence-corrected chi connectivity index (χ2v) is 5.46. The number of nitrogens with one attached hydrogen (secondary N) is 1. The molecule has 0 aliphatic heterocycles. The largest absolute Gasteiger partial charge is 0.550 e. The van der Waals surface area contributed by atoms with Gasteiger partial charge in [-0.1, -0.05) is 28.1 Å². The molecule has 6 heteroatoms. The number of hydrogen-bond donors (Lipinski definition) is 1. The van der Waals surface area contributed by atoms with Gasteiger partial charge in [0.25, 0.3) is 5.91 Å². The highest BCUT2D eigenvalue weighted by molar-refractivity contribution is 9.10.